The number of hydrogen-bond acceptors (Lipinski definition) is 6. The van der Waals surface area contributed by atoms with Crippen molar-refractivity contribution in [3.63, 3.8) is 0 Å². The lowest BCUT2D eigenvalue weighted by Crippen LogP contribution is -2.35. The normalized spacial score (nSPS) is 16.4. The highest BCUT2D eigenvalue weighted by molar-refractivity contribution is 9.10. The second-order valence-electron chi connectivity index (χ2n) is 6.68. The third kappa shape index (κ3) is 4.36. The zero-order valence-corrected chi connectivity index (χ0v) is 16.6. The Labute approximate surface area is 170 Å². The highest BCUT2D eigenvalue weighted by atomic mass is 79.9. The lowest BCUT2D eigenvalue weighted by atomic mass is 9.83. The van der Waals surface area contributed by atoms with Crippen LogP contribution in [0.2, 0.25) is 0 Å². The molecular formula is C19H19BrN4O4. The molecule has 1 saturated carbocycles. The molecule has 1 fully saturated rings. The smallest absolute Gasteiger partial charge is 0.271 e. The molecule has 3 rings (SSSR count). The molecule has 1 aliphatic carbocycles. The number of rotatable bonds is 6. The summed E-state index contributed by atoms with van der Waals surface area (Å²) in [6.07, 6.45) is 5.11. The topological polar surface area (TPSA) is 111 Å². The van der Waals surface area contributed by atoms with Gasteiger partial charge < -0.3 is 0 Å². The first-order valence-corrected chi connectivity index (χ1v) is 9.71. The number of nitrogens with zero attached hydrogens (tertiary/aromatic N) is 3. The van der Waals surface area contributed by atoms with Gasteiger partial charge in [0.2, 0.25) is 0 Å². The number of benzene rings is 2. The van der Waals surface area contributed by atoms with Crippen molar-refractivity contribution in [1.29, 1.82) is 0 Å². The maximum absolute atomic E-state index is 11.4. The first-order chi connectivity index (χ1) is 13.4. The number of nitro groups is 2. The van der Waals surface area contributed by atoms with E-state index in [1.165, 1.54) is 12.1 Å². The second-order valence-corrected chi connectivity index (χ2v) is 8.20. The Kier molecular flexibility index (Phi) is 6.03. The summed E-state index contributed by atoms with van der Waals surface area (Å²) in [7, 11) is 0. The molecule has 0 bridgehead atoms. The molecule has 146 valence electrons. The first kappa shape index (κ1) is 19.9. The van der Waals surface area contributed by atoms with Gasteiger partial charge in [-0.2, -0.15) is 5.10 Å². The van der Waals surface area contributed by atoms with Crippen molar-refractivity contribution in [3.05, 3.63) is 74.3 Å². The third-order valence-electron chi connectivity index (χ3n) is 4.79. The van der Waals surface area contributed by atoms with E-state index in [0.29, 0.717) is 0 Å². The van der Waals surface area contributed by atoms with Gasteiger partial charge in [-0.25, -0.2) is 0 Å². The molecule has 2 aromatic rings. The predicted molar refractivity (Wildman–Crippen MR) is 111 cm³/mol. The summed E-state index contributed by atoms with van der Waals surface area (Å²) in [5, 5.41) is 26.8. The van der Waals surface area contributed by atoms with Gasteiger partial charge in [0.25, 0.3) is 5.69 Å². The largest absolute Gasteiger partial charge is 0.301 e. The van der Waals surface area contributed by atoms with Crippen LogP contribution in [0.15, 0.2) is 53.6 Å². The van der Waals surface area contributed by atoms with Gasteiger partial charge in [0, 0.05) is 6.07 Å². The van der Waals surface area contributed by atoms with Crippen molar-refractivity contribution >= 4 is 38.7 Å². The van der Waals surface area contributed by atoms with Crippen LogP contribution in [0.1, 0.15) is 37.7 Å². The van der Waals surface area contributed by atoms with Crippen molar-refractivity contribution in [3.8, 4) is 0 Å². The summed E-state index contributed by atoms with van der Waals surface area (Å²) in [4.78, 5) is 21.0. The summed E-state index contributed by atoms with van der Waals surface area (Å²) in [6.45, 7) is 0. The van der Waals surface area contributed by atoms with Crippen LogP contribution < -0.4 is 5.43 Å². The Bertz CT molecular complexity index is 911. The number of halogens is 1. The molecule has 0 heterocycles. The van der Waals surface area contributed by atoms with Crippen LogP contribution in [0.5, 0.6) is 0 Å². The lowest BCUT2D eigenvalue weighted by Gasteiger charge is -2.33. The zero-order chi connectivity index (χ0) is 20.1. The highest BCUT2D eigenvalue weighted by Crippen LogP contribution is 2.39. The molecule has 0 aliphatic heterocycles. The Morgan fingerprint density at radius 1 is 1.00 bits per heavy atom. The van der Waals surface area contributed by atoms with Gasteiger partial charge in [-0.05, 0) is 24.5 Å². The molecule has 2 aromatic carbocycles. The molecule has 0 aromatic heterocycles. The molecule has 0 spiro atoms. The minimum atomic E-state index is -0.662. The Balaban J connectivity index is 2.00. The number of hydrazone groups is 1. The zero-order valence-electron chi connectivity index (χ0n) is 15.0. The Morgan fingerprint density at radius 3 is 2.29 bits per heavy atom. The Hall–Kier alpha value is -2.81. The minimum absolute atomic E-state index is 0.107. The van der Waals surface area contributed by atoms with Crippen LogP contribution >= 0.6 is 15.9 Å². The van der Waals surface area contributed by atoms with Gasteiger partial charge in [-0.1, -0.05) is 65.5 Å². The predicted octanol–water partition coefficient (Wildman–Crippen LogP) is 5.42. The van der Waals surface area contributed by atoms with Crippen LogP contribution in [0, 0.1) is 20.2 Å². The first-order valence-electron chi connectivity index (χ1n) is 8.92. The minimum Gasteiger partial charge on any atom is -0.271 e. The average Bonchev–Trinajstić information content (AvgIpc) is 2.69. The summed E-state index contributed by atoms with van der Waals surface area (Å²) < 4.78 is -0.324. The molecule has 1 N–H and O–H groups in total. The molecule has 0 amide bonds. The molecule has 0 saturated heterocycles. The molecule has 0 unspecified atom stereocenters. The van der Waals surface area contributed by atoms with E-state index in [9.17, 15) is 20.2 Å². The molecule has 9 heteroatoms. The fraction of sp³-hybridized carbons (Fsp3) is 0.316. The Morgan fingerprint density at radius 2 is 1.68 bits per heavy atom. The van der Waals surface area contributed by atoms with E-state index in [1.807, 2.05) is 30.3 Å². The van der Waals surface area contributed by atoms with Gasteiger partial charge in [0.05, 0.1) is 25.9 Å². The standard InChI is InChI=1S/C19H19BrN4O4/c20-19(11-5-2-6-12-19)18(14-7-3-1-4-8-14)22-21-16-10-9-15(23(25)26)13-17(16)24(27)28/h1,3-4,7-10,13,21H,2,5-6,11-12H2/b22-18+. The van der Waals surface area contributed by atoms with Gasteiger partial charge in [0.1, 0.15) is 5.69 Å². The van der Waals surface area contributed by atoms with E-state index in [-0.39, 0.29) is 15.7 Å². The van der Waals surface area contributed by atoms with Gasteiger partial charge in [-0.3, -0.25) is 25.7 Å². The van der Waals surface area contributed by atoms with Crippen LogP contribution in [-0.4, -0.2) is 19.9 Å². The number of alkyl halides is 1. The van der Waals surface area contributed by atoms with E-state index in [1.54, 1.807) is 0 Å². The van der Waals surface area contributed by atoms with E-state index >= 15 is 0 Å². The van der Waals surface area contributed by atoms with Crippen molar-refractivity contribution in [2.45, 2.75) is 36.4 Å². The number of non-ortho nitro benzene ring substituents is 1. The van der Waals surface area contributed by atoms with Crippen molar-refractivity contribution in [2.24, 2.45) is 5.10 Å². The van der Waals surface area contributed by atoms with Crippen LogP contribution in [0.4, 0.5) is 17.1 Å². The fourth-order valence-electron chi connectivity index (χ4n) is 3.36. The van der Waals surface area contributed by atoms with Crippen LogP contribution in [0.3, 0.4) is 0 Å². The van der Waals surface area contributed by atoms with Crippen LogP contribution in [0.25, 0.3) is 0 Å². The summed E-state index contributed by atoms with van der Waals surface area (Å²) in [6, 6.07) is 13.1. The highest BCUT2D eigenvalue weighted by Gasteiger charge is 2.35. The SMILES string of the molecule is O=[N+]([O-])c1ccc(N/N=C(\c2ccccc2)C2(Br)CCCCC2)c([N+](=O)[O-])c1. The molecule has 0 atom stereocenters. The van der Waals surface area contributed by atoms with Gasteiger partial charge >= 0.3 is 5.69 Å². The maximum Gasteiger partial charge on any atom is 0.301 e. The van der Waals surface area contributed by atoms with Gasteiger partial charge in [-0.15, -0.1) is 0 Å². The van der Waals surface area contributed by atoms with E-state index in [0.717, 1.165) is 49.4 Å². The monoisotopic (exact) mass is 446 g/mol. The van der Waals surface area contributed by atoms with Crippen LogP contribution in [-0.2, 0) is 0 Å². The van der Waals surface area contributed by atoms with E-state index in [4.69, 9.17) is 0 Å². The molecular weight excluding hydrogens is 428 g/mol. The third-order valence-corrected chi connectivity index (χ3v) is 5.96. The van der Waals surface area contributed by atoms with Crippen molar-refractivity contribution in [1.82, 2.24) is 0 Å². The molecule has 28 heavy (non-hydrogen) atoms. The summed E-state index contributed by atoms with van der Waals surface area (Å²) >= 11 is 3.86. The summed E-state index contributed by atoms with van der Waals surface area (Å²) in [5.41, 5.74) is 3.83. The lowest BCUT2D eigenvalue weighted by molar-refractivity contribution is -0.393. The number of anilines is 1. The molecule has 0 radical (unpaired) electrons. The molecule has 8 nitrogen and oxygen atoms in total. The summed E-state index contributed by atoms with van der Waals surface area (Å²) in [5.74, 6) is 0. The number of nitro benzene ring substituents is 2. The number of nitrogens with one attached hydrogen (secondary N) is 1. The van der Waals surface area contributed by atoms with Crippen molar-refractivity contribution < 1.29 is 9.85 Å². The number of hydrogen-bond donors (Lipinski definition) is 1. The fourth-order valence-corrected chi connectivity index (χ4v) is 4.24. The molecule has 1 aliphatic rings. The van der Waals surface area contributed by atoms with E-state index < -0.39 is 15.5 Å². The average molecular weight is 447 g/mol. The van der Waals surface area contributed by atoms with Crippen molar-refractivity contribution in [2.75, 3.05) is 5.43 Å². The maximum atomic E-state index is 11.4. The van der Waals surface area contributed by atoms with E-state index in [2.05, 4.69) is 26.5 Å². The second kappa shape index (κ2) is 8.47. The quantitative estimate of drug-likeness (QED) is 0.275. The van der Waals surface area contributed by atoms with Gasteiger partial charge in [0.15, 0.2) is 0 Å².